The number of hydrogen-bond acceptors (Lipinski definition) is 5. The first-order valence-corrected chi connectivity index (χ1v) is 8.27. The summed E-state index contributed by atoms with van der Waals surface area (Å²) in [6.45, 7) is 2.86. The molecule has 0 aliphatic carbocycles. The Morgan fingerprint density at radius 2 is 2.00 bits per heavy atom. The van der Waals surface area contributed by atoms with Gasteiger partial charge in [0.15, 0.2) is 9.84 Å². The van der Waals surface area contributed by atoms with E-state index < -0.39 is 9.84 Å². The fourth-order valence-electron chi connectivity index (χ4n) is 2.15. The fourth-order valence-corrected chi connectivity index (χ4v) is 3.43. The molecule has 1 fully saturated rings. The van der Waals surface area contributed by atoms with Gasteiger partial charge in [-0.15, -0.1) is 0 Å². The van der Waals surface area contributed by atoms with Crippen LogP contribution in [0.4, 0.5) is 11.4 Å². The molecular formula is C13H19N3O3S. The molecule has 1 aliphatic rings. The van der Waals surface area contributed by atoms with Crippen molar-refractivity contribution in [1.29, 1.82) is 0 Å². The zero-order valence-electron chi connectivity index (χ0n) is 11.4. The van der Waals surface area contributed by atoms with Crippen LogP contribution in [0.5, 0.6) is 0 Å². The van der Waals surface area contributed by atoms with E-state index >= 15 is 0 Å². The van der Waals surface area contributed by atoms with Crippen molar-refractivity contribution in [3.8, 4) is 0 Å². The molecule has 1 amide bonds. The van der Waals surface area contributed by atoms with Crippen LogP contribution in [-0.2, 0) is 14.6 Å². The summed E-state index contributed by atoms with van der Waals surface area (Å²) in [6, 6.07) is 5.44. The minimum absolute atomic E-state index is 0.118. The Hall–Kier alpha value is -1.60. The fraction of sp³-hybridized carbons (Fsp3) is 0.462. The Labute approximate surface area is 118 Å². The van der Waals surface area contributed by atoms with E-state index in [4.69, 9.17) is 5.73 Å². The molecule has 110 valence electrons. The lowest BCUT2D eigenvalue weighted by Crippen LogP contribution is -2.44. The molecule has 0 aromatic heterocycles. The summed E-state index contributed by atoms with van der Waals surface area (Å²) in [5.41, 5.74) is 7.89. The van der Waals surface area contributed by atoms with Gasteiger partial charge in [0.1, 0.15) is 0 Å². The summed E-state index contributed by atoms with van der Waals surface area (Å²) in [5.74, 6) is 0.0600. The number of nitrogen functional groups attached to an aromatic ring is 1. The van der Waals surface area contributed by atoms with Crippen LogP contribution in [0.2, 0.25) is 0 Å². The predicted octanol–water partition coefficient (Wildman–Crippen LogP) is 0.246. The highest BCUT2D eigenvalue weighted by Gasteiger charge is 2.23. The number of rotatable bonds is 3. The number of nitrogens with two attached hydrogens (primary N) is 1. The maximum Gasteiger partial charge on any atom is 0.238 e. The monoisotopic (exact) mass is 297 g/mol. The van der Waals surface area contributed by atoms with E-state index in [2.05, 4.69) is 5.32 Å². The summed E-state index contributed by atoms with van der Waals surface area (Å²) < 4.78 is 22.6. The molecule has 7 heteroatoms. The molecule has 0 radical (unpaired) electrons. The van der Waals surface area contributed by atoms with Crippen molar-refractivity contribution in [2.24, 2.45) is 0 Å². The molecule has 0 spiro atoms. The van der Waals surface area contributed by atoms with E-state index in [0.29, 0.717) is 24.5 Å². The summed E-state index contributed by atoms with van der Waals surface area (Å²) in [7, 11) is -2.92. The van der Waals surface area contributed by atoms with Crippen molar-refractivity contribution >= 4 is 27.1 Å². The van der Waals surface area contributed by atoms with E-state index in [0.717, 1.165) is 5.56 Å². The molecule has 1 saturated heterocycles. The van der Waals surface area contributed by atoms with Gasteiger partial charge in [0.2, 0.25) is 5.91 Å². The SMILES string of the molecule is Cc1cccc(N)c1NC(=O)CN1CCS(=O)(=O)CC1. The van der Waals surface area contributed by atoms with Gasteiger partial charge in [-0.25, -0.2) is 8.42 Å². The van der Waals surface area contributed by atoms with Crippen LogP contribution >= 0.6 is 0 Å². The summed E-state index contributed by atoms with van der Waals surface area (Å²) in [5, 5.41) is 2.79. The largest absolute Gasteiger partial charge is 0.397 e. The lowest BCUT2D eigenvalue weighted by Gasteiger charge is -2.26. The molecule has 20 heavy (non-hydrogen) atoms. The third-order valence-corrected chi connectivity index (χ3v) is 4.98. The van der Waals surface area contributed by atoms with Gasteiger partial charge in [0.05, 0.1) is 29.4 Å². The van der Waals surface area contributed by atoms with Gasteiger partial charge in [-0.1, -0.05) is 12.1 Å². The second kappa shape index (κ2) is 5.80. The number of carbonyl (C=O) groups is 1. The summed E-state index contributed by atoms with van der Waals surface area (Å²) >= 11 is 0. The standard InChI is InChI=1S/C13H19N3O3S/c1-10-3-2-4-11(14)13(10)15-12(17)9-16-5-7-20(18,19)8-6-16/h2-4H,5-9,14H2,1H3,(H,15,17). The van der Waals surface area contributed by atoms with Crippen molar-refractivity contribution < 1.29 is 13.2 Å². The molecule has 0 atom stereocenters. The first-order valence-electron chi connectivity index (χ1n) is 6.45. The number of sulfone groups is 1. The van der Waals surface area contributed by atoms with E-state index in [9.17, 15) is 13.2 Å². The number of nitrogens with one attached hydrogen (secondary N) is 1. The second-order valence-electron chi connectivity index (χ2n) is 5.02. The molecule has 1 aromatic carbocycles. The maximum atomic E-state index is 12.0. The van der Waals surface area contributed by atoms with Gasteiger partial charge in [0, 0.05) is 13.1 Å². The molecule has 2 rings (SSSR count). The Balaban J connectivity index is 1.93. The van der Waals surface area contributed by atoms with Crippen molar-refractivity contribution in [3.05, 3.63) is 23.8 Å². The van der Waals surface area contributed by atoms with Gasteiger partial charge in [-0.2, -0.15) is 0 Å². The molecular weight excluding hydrogens is 278 g/mol. The Morgan fingerprint density at radius 1 is 1.35 bits per heavy atom. The molecule has 1 aliphatic heterocycles. The lowest BCUT2D eigenvalue weighted by molar-refractivity contribution is -0.117. The van der Waals surface area contributed by atoms with Crippen molar-refractivity contribution in [2.75, 3.05) is 42.2 Å². The average molecular weight is 297 g/mol. The van der Waals surface area contributed by atoms with E-state index in [1.54, 1.807) is 6.07 Å². The number of aryl methyl sites for hydroxylation is 1. The number of hydrogen-bond donors (Lipinski definition) is 2. The van der Waals surface area contributed by atoms with Gasteiger partial charge in [-0.3, -0.25) is 9.69 Å². The molecule has 1 aromatic rings. The Bertz CT molecular complexity index is 579. The maximum absolute atomic E-state index is 12.0. The minimum Gasteiger partial charge on any atom is -0.397 e. The zero-order chi connectivity index (χ0) is 14.8. The number of carbonyl (C=O) groups excluding carboxylic acids is 1. The summed E-state index contributed by atoms with van der Waals surface area (Å²) in [6.07, 6.45) is 0. The Kier molecular flexibility index (Phi) is 4.29. The van der Waals surface area contributed by atoms with Gasteiger partial charge in [-0.05, 0) is 18.6 Å². The average Bonchev–Trinajstić information content (AvgIpc) is 2.37. The van der Waals surface area contributed by atoms with Crippen LogP contribution in [0.3, 0.4) is 0 Å². The molecule has 3 N–H and O–H groups in total. The zero-order valence-corrected chi connectivity index (χ0v) is 12.2. The minimum atomic E-state index is -2.92. The first kappa shape index (κ1) is 14.8. The van der Waals surface area contributed by atoms with Crippen LogP contribution in [0.1, 0.15) is 5.56 Å². The van der Waals surface area contributed by atoms with Crippen LogP contribution < -0.4 is 11.1 Å². The second-order valence-corrected chi connectivity index (χ2v) is 7.32. The lowest BCUT2D eigenvalue weighted by atomic mass is 10.1. The van der Waals surface area contributed by atoms with E-state index in [-0.39, 0.29) is 24.0 Å². The number of nitrogens with zero attached hydrogens (tertiary/aromatic N) is 1. The predicted molar refractivity (Wildman–Crippen MR) is 79.3 cm³/mol. The van der Waals surface area contributed by atoms with Crippen LogP contribution in [0, 0.1) is 6.92 Å². The number of benzene rings is 1. The van der Waals surface area contributed by atoms with Gasteiger partial charge < -0.3 is 11.1 Å². The molecule has 6 nitrogen and oxygen atoms in total. The van der Waals surface area contributed by atoms with Gasteiger partial charge >= 0.3 is 0 Å². The molecule has 0 bridgehead atoms. The number of para-hydroxylation sites is 1. The highest BCUT2D eigenvalue weighted by Crippen LogP contribution is 2.22. The number of amides is 1. The first-order chi connectivity index (χ1) is 9.37. The topological polar surface area (TPSA) is 92.5 Å². The normalized spacial score (nSPS) is 18.6. The van der Waals surface area contributed by atoms with Crippen molar-refractivity contribution in [2.45, 2.75) is 6.92 Å². The van der Waals surface area contributed by atoms with E-state index in [1.165, 1.54) is 0 Å². The highest BCUT2D eigenvalue weighted by atomic mass is 32.2. The third kappa shape index (κ3) is 3.71. The third-order valence-electron chi connectivity index (χ3n) is 3.37. The highest BCUT2D eigenvalue weighted by molar-refractivity contribution is 7.91. The quantitative estimate of drug-likeness (QED) is 0.780. The van der Waals surface area contributed by atoms with Crippen molar-refractivity contribution in [1.82, 2.24) is 4.90 Å². The van der Waals surface area contributed by atoms with Gasteiger partial charge in [0.25, 0.3) is 0 Å². The number of anilines is 2. The summed E-state index contributed by atoms with van der Waals surface area (Å²) in [4.78, 5) is 13.8. The Morgan fingerprint density at radius 3 is 2.60 bits per heavy atom. The van der Waals surface area contributed by atoms with Crippen LogP contribution in [0.25, 0.3) is 0 Å². The van der Waals surface area contributed by atoms with Crippen LogP contribution in [0.15, 0.2) is 18.2 Å². The van der Waals surface area contributed by atoms with Crippen LogP contribution in [-0.4, -0.2) is 50.4 Å². The molecule has 1 heterocycles. The smallest absolute Gasteiger partial charge is 0.238 e. The van der Waals surface area contributed by atoms with Crippen molar-refractivity contribution in [3.63, 3.8) is 0 Å². The molecule has 0 unspecified atom stereocenters. The molecule has 0 saturated carbocycles. The van der Waals surface area contributed by atoms with E-state index in [1.807, 2.05) is 24.0 Å².